The van der Waals surface area contributed by atoms with Crippen molar-refractivity contribution in [1.29, 1.82) is 0 Å². The molecule has 11 N–H and O–H groups in total. The summed E-state index contributed by atoms with van der Waals surface area (Å²) >= 11 is 0. The zero-order valence-electron chi connectivity index (χ0n) is 23.8. The lowest BCUT2D eigenvalue weighted by Gasteiger charge is -2.38. The van der Waals surface area contributed by atoms with Crippen LogP contribution in [0.25, 0.3) is 0 Å². The molecule has 0 aromatic heterocycles. The van der Waals surface area contributed by atoms with Crippen LogP contribution in [0.4, 0.5) is 0 Å². The number of rotatable bonds is 14. The number of piperazine rings is 1. The minimum absolute atomic E-state index is 0.0374. The third kappa shape index (κ3) is 8.90. The van der Waals surface area contributed by atoms with Gasteiger partial charge in [0.25, 0.3) is 0 Å². The molecule has 0 saturated carbocycles. The molecule has 0 radical (unpaired) electrons. The van der Waals surface area contributed by atoms with Crippen LogP contribution in [0.5, 0.6) is 5.75 Å². The van der Waals surface area contributed by atoms with Gasteiger partial charge in [0.1, 0.15) is 23.9 Å². The molecule has 4 amide bonds. The van der Waals surface area contributed by atoms with Crippen LogP contribution >= 0.6 is 0 Å². The maximum atomic E-state index is 13.8. The Kier molecular flexibility index (Phi) is 11.7. The van der Waals surface area contributed by atoms with Crippen molar-refractivity contribution in [3.8, 4) is 5.75 Å². The van der Waals surface area contributed by atoms with E-state index in [4.69, 9.17) is 17.2 Å². The van der Waals surface area contributed by atoms with E-state index >= 15 is 0 Å². The summed E-state index contributed by atoms with van der Waals surface area (Å²) in [6.45, 7) is 2.47. The first kappa shape index (κ1) is 32.3. The molecule has 14 heteroatoms. The second kappa shape index (κ2) is 15.1. The van der Waals surface area contributed by atoms with Gasteiger partial charge in [-0.3, -0.25) is 29.0 Å². The number of benzene rings is 1. The number of nitrogens with one attached hydrogen (secondary N) is 4. The summed E-state index contributed by atoms with van der Waals surface area (Å²) in [5, 5.41) is 20.9. The highest BCUT2D eigenvalue weighted by atomic mass is 16.3. The number of phenols is 1. The predicted molar refractivity (Wildman–Crippen MR) is 155 cm³/mol. The first-order valence-corrected chi connectivity index (χ1v) is 14.3. The molecule has 2 fully saturated rings. The highest BCUT2D eigenvalue weighted by Crippen LogP contribution is 2.30. The van der Waals surface area contributed by atoms with Gasteiger partial charge in [-0.15, -0.1) is 0 Å². The number of primary amides is 1. The highest BCUT2D eigenvalue weighted by molar-refractivity contribution is 5.99. The van der Waals surface area contributed by atoms with E-state index in [1.165, 1.54) is 12.1 Å². The van der Waals surface area contributed by atoms with E-state index in [9.17, 15) is 29.1 Å². The average Bonchev–Trinajstić information content (AvgIpc) is 2.95. The lowest BCUT2D eigenvalue weighted by molar-refractivity contribution is -0.143. The van der Waals surface area contributed by atoms with Gasteiger partial charge >= 0.3 is 0 Å². The standard InChI is InChI=1S/C28H42N8O6/c1-2-3-5-20-26(41)36-22(14-33-20)23(38)17-13-21(27(42)34-19(24(29)39)6-4-11-32-28(30)31)35-25(40)18(17)12-15-7-9-16(37)10-8-15/h7-10,17-22,33,37H,2-6,11-14H2,1H3,(H2,29,39)(H,34,42)(H,35,40)(H,36,41)(H4,30,31,32)/t17?,18-,19+,20+,21-,22-/m1/s1. The number of nitrogens with two attached hydrogens (primary N) is 3. The van der Waals surface area contributed by atoms with Crippen LogP contribution in [0.3, 0.4) is 0 Å². The smallest absolute Gasteiger partial charge is 0.243 e. The van der Waals surface area contributed by atoms with Crippen molar-refractivity contribution >= 4 is 35.4 Å². The number of hydrogen-bond donors (Lipinski definition) is 8. The third-order valence-corrected chi connectivity index (χ3v) is 7.70. The Labute approximate surface area is 244 Å². The van der Waals surface area contributed by atoms with Gasteiger partial charge in [-0.05, 0) is 49.8 Å². The molecule has 3 rings (SSSR count). The molecule has 1 aromatic rings. The molecular weight excluding hydrogens is 544 g/mol. The van der Waals surface area contributed by atoms with E-state index in [-0.39, 0.29) is 55.8 Å². The summed E-state index contributed by atoms with van der Waals surface area (Å²) in [6.07, 6.45) is 3.12. The van der Waals surface area contributed by atoms with Gasteiger partial charge in [0.05, 0.1) is 12.0 Å². The summed E-state index contributed by atoms with van der Waals surface area (Å²) < 4.78 is 0. The van der Waals surface area contributed by atoms with Gasteiger partial charge in [0.15, 0.2) is 11.7 Å². The predicted octanol–water partition coefficient (Wildman–Crippen LogP) is -1.70. The highest BCUT2D eigenvalue weighted by Gasteiger charge is 2.46. The largest absolute Gasteiger partial charge is 0.508 e. The van der Waals surface area contributed by atoms with E-state index in [2.05, 4.69) is 26.3 Å². The summed E-state index contributed by atoms with van der Waals surface area (Å²) in [5.74, 6) is -4.32. The van der Waals surface area contributed by atoms with Gasteiger partial charge < -0.3 is 43.6 Å². The number of unbranched alkanes of at least 4 members (excludes halogenated alkanes) is 1. The Bertz CT molecular complexity index is 1170. The number of carbonyl (C=O) groups is 5. The molecule has 2 heterocycles. The zero-order valence-corrected chi connectivity index (χ0v) is 23.8. The molecule has 2 aliphatic heterocycles. The minimum atomic E-state index is -1.10. The van der Waals surface area contributed by atoms with E-state index in [1.807, 2.05) is 6.92 Å². The molecule has 1 aromatic carbocycles. The molecule has 2 aliphatic rings. The van der Waals surface area contributed by atoms with Crippen LogP contribution in [0.15, 0.2) is 29.3 Å². The van der Waals surface area contributed by atoms with Crippen molar-refractivity contribution in [3.63, 3.8) is 0 Å². The second-order valence-electron chi connectivity index (χ2n) is 10.9. The monoisotopic (exact) mass is 586 g/mol. The lowest BCUT2D eigenvalue weighted by Crippen LogP contribution is -2.64. The fraction of sp³-hybridized carbons (Fsp3) is 0.571. The summed E-state index contributed by atoms with van der Waals surface area (Å²) in [5.41, 5.74) is 16.8. The van der Waals surface area contributed by atoms with Crippen LogP contribution in [0.1, 0.15) is 51.0 Å². The number of phenolic OH excluding ortho intramolecular Hbond substituents is 1. The number of Topliss-reactive ketones (excluding diaryl/α,β-unsaturated/α-hetero) is 1. The minimum Gasteiger partial charge on any atom is -0.508 e. The Balaban J connectivity index is 1.76. The Hall–Kier alpha value is -4.20. The van der Waals surface area contributed by atoms with Gasteiger partial charge in [0, 0.05) is 19.0 Å². The summed E-state index contributed by atoms with van der Waals surface area (Å²) in [4.78, 5) is 69.0. The maximum Gasteiger partial charge on any atom is 0.243 e. The summed E-state index contributed by atoms with van der Waals surface area (Å²) in [7, 11) is 0. The number of aliphatic imine (C=N–C) groups is 1. The van der Waals surface area contributed by atoms with Gasteiger partial charge in [0.2, 0.25) is 23.6 Å². The van der Waals surface area contributed by atoms with E-state index in [0.717, 1.165) is 12.8 Å². The number of amides is 4. The van der Waals surface area contributed by atoms with Crippen molar-refractivity contribution in [3.05, 3.63) is 29.8 Å². The average molecular weight is 587 g/mol. The number of carbonyl (C=O) groups excluding carboxylic acids is 5. The third-order valence-electron chi connectivity index (χ3n) is 7.70. The number of nitrogens with zero attached hydrogens (tertiary/aromatic N) is 1. The van der Waals surface area contributed by atoms with Gasteiger partial charge in [-0.1, -0.05) is 31.9 Å². The number of piperidine rings is 1. The molecule has 14 nitrogen and oxygen atoms in total. The van der Waals surface area contributed by atoms with E-state index in [0.29, 0.717) is 18.4 Å². The lowest BCUT2D eigenvalue weighted by atomic mass is 9.74. The van der Waals surface area contributed by atoms with Crippen molar-refractivity contribution in [2.24, 2.45) is 34.0 Å². The van der Waals surface area contributed by atoms with Crippen molar-refractivity contribution < 1.29 is 29.1 Å². The van der Waals surface area contributed by atoms with Crippen molar-refractivity contribution in [2.45, 2.75) is 76.0 Å². The maximum absolute atomic E-state index is 13.8. The fourth-order valence-electron chi connectivity index (χ4n) is 5.36. The number of guanidine groups is 1. The fourth-order valence-corrected chi connectivity index (χ4v) is 5.36. The van der Waals surface area contributed by atoms with E-state index < -0.39 is 53.7 Å². The number of aromatic hydroxyl groups is 1. The molecule has 230 valence electrons. The molecule has 6 atom stereocenters. The van der Waals surface area contributed by atoms with Gasteiger partial charge in [-0.25, -0.2) is 0 Å². The van der Waals surface area contributed by atoms with Crippen LogP contribution < -0.4 is 38.5 Å². The topological polar surface area (TPSA) is 244 Å². The SMILES string of the molecule is CCCC[C@@H]1NC[C@H](C(=O)C2C[C@H](C(=O)N[C@@H](CCCN=C(N)N)C(N)=O)NC(=O)[C@@H]2Cc2ccc(O)cc2)NC1=O. The van der Waals surface area contributed by atoms with Crippen molar-refractivity contribution in [2.75, 3.05) is 13.1 Å². The molecule has 2 saturated heterocycles. The molecule has 0 aliphatic carbocycles. The molecular formula is C28H42N8O6. The van der Waals surface area contributed by atoms with Crippen LogP contribution in [0, 0.1) is 11.8 Å². The Morgan fingerprint density at radius 2 is 1.74 bits per heavy atom. The Morgan fingerprint density at radius 1 is 1.05 bits per heavy atom. The van der Waals surface area contributed by atoms with Crippen LogP contribution in [-0.4, -0.2) is 77.7 Å². The molecule has 1 unspecified atom stereocenters. The van der Waals surface area contributed by atoms with Crippen LogP contribution in [-0.2, 0) is 30.4 Å². The van der Waals surface area contributed by atoms with E-state index in [1.54, 1.807) is 12.1 Å². The first-order valence-electron chi connectivity index (χ1n) is 14.3. The quantitative estimate of drug-likeness (QED) is 0.0702. The second-order valence-corrected chi connectivity index (χ2v) is 10.9. The van der Waals surface area contributed by atoms with Crippen molar-refractivity contribution in [1.82, 2.24) is 21.3 Å². The molecule has 0 bridgehead atoms. The molecule has 42 heavy (non-hydrogen) atoms. The zero-order chi connectivity index (χ0) is 30.8. The number of hydrogen-bond acceptors (Lipinski definition) is 8. The van der Waals surface area contributed by atoms with Gasteiger partial charge in [-0.2, -0.15) is 0 Å². The Morgan fingerprint density at radius 3 is 2.36 bits per heavy atom. The normalized spacial score (nSPS) is 24.5. The molecule has 0 spiro atoms. The first-order chi connectivity index (χ1) is 20.0. The summed E-state index contributed by atoms with van der Waals surface area (Å²) in [6, 6.07) is 2.89. The van der Waals surface area contributed by atoms with Crippen LogP contribution in [0.2, 0.25) is 0 Å². The number of ketones is 1.